The second-order valence-corrected chi connectivity index (χ2v) is 9.43. The number of carbonyl (C=O) groups excluding carboxylic acids is 2. The van der Waals surface area contributed by atoms with Gasteiger partial charge in [-0.2, -0.15) is 4.72 Å². The molecule has 1 saturated heterocycles. The van der Waals surface area contributed by atoms with Crippen LogP contribution in [-0.2, 0) is 19.6 Å². The first kappa shape index (κ1) is 23.1. The van der Waals surface area contributed by atoms with Crippen molar-refractivity contribution < 1.29 is 18.0 Å². The van der Waals surface area contributed by atoms with E-state index in [2.05, 4.69) is 14.9 Å². The zero-order valence-electron chi connectivity index (χ0n) is 17.3. The number of benzene rings is 2. The summed E-state index contributed by atoms with van der Waals surface area (Å²) in [5.74, 6) is -0.528. The van der Waals surface area contributed by atoms with Crippen LogP contribution in [0.3, 0.4) is 0 Å². The van der Waals surface area contributed by atoms with Gasteiger partial charge in [-0.25, -0.2) is 8.42 Å². The Bertz CT molecular complexity index is 1050. The number of rotatable bonds is 6. The number of nitrogens with zero attached hydrogens (tertiary/aromatic N) is 2. The highest BCUT2D eigenvalue weighted by Crippen LogP contribution is 2.26. The highest BCUT2D eigenvalue weighted by atomic mass is 35.5. The fraction of sp³-hybridized carbons (Fsp3) is 0.333. The van der Waals surface area contributed by atoms with Crippen LogP contribution in [0, 0.1) is 0 Å². The maximum absolute atomic E-state index is 12.8. The number of para-hydroxylation sites is 1. The van der Waals surface area contributed by atoms with Crippen LogP contribution in [-0.4, -0.2) is 57.4 Å². The molecule has 1 fully saturated rings. The molecule has 1 aliphatic rings. The molecule has 2 N–H and O–H groups in total. The number of anilines is 2. The largest absolute Gasteiger partial charge is 0.367 e. The van der Waals surface area contributed by atoms with E-state index in [1.807, 2.05) is 24.3 Å². The maximum Gasteiger partial charge on any atom is 0.241 e. The third-order valence-electron chi connectivity index (χ3n) is 4.97. The molecule has 3 rings (SSSR count). The van der Waals surface area contributed by atoms with Crippen LogP contribution < -0.4 is 14.9 Å². The van der Waals surface area contributed by atoms with Crippen molar-refractivity contribution in [2.24, 2.45) is 0 Å². The normalized spacial score (nSPS) is 15.5. The summed E-state index contributed by atoms with van der Waals surface area (Å²) < 4.78 is 27.7. The summed E-state index contributed by atoms with van der Waals surface area (Å²) in [7, 11) is -3.89. The van der Waals surface area contributed by atoms with E-state index in [0.29, 0.717) is 36.9 Å². The Kier molecular flexibility index (Phi) is 7.19. The lowest BCUT2D eigenvalue weighted by atomic mass is 10.2. The zero-order valence-corrected chi connectivity index (χ0v) is 18.9. The Hall–Kier alpha value is -2.62. The van der Waals surface area contributed by atoms with Crippen molar-refractivity contribution in [1.82, 2.24) is 9.62 Å². The van der Waals surface area contributed by atoms with Crippen LogP contribution in [0.4, 0.5) is 11.4 Å². The van der Waals surface area contributed by atoms with Crippen LogP contribution >= 0.6 is 11.6 Å². The molecule has 10 heteroatoms. The molecular weight excluding hydrogens is 440 g/mol. The van der Waals surface area contributed by atoms with Gasteiger partial charge in [-0.3, -0.25) is 9.59 Å². The first-order chi connectivity index (χ1) is 14.7. The topological polar surface area (TPSA) is 98.8 Å². The molecule has 2 amide bonds. The Balaban J connectivity index is 1.59. The van der Waals surface area contributed by atoms with Crippen molar-refractivity contribution in [3.05, 3.63) is 53.6 Å². The third-order valence-corrected chi connectivity index (χ3v) is 6.85. The first-order valence-corrected chi connectivity index (χ1v) is 11.7. The first-order valence-electron chi connectivity index (χ1n) is 9.85. The molecule has 166 valence electrons. The van der Waals surface area contributed by atoms with E-state index in [9.17, 15) is 18.0 Å². The lowest BCUT2D eigenvalue weighted by Gasteiger charge is -2.37. The van der Waals surface area contributed by atoms with Crippen molar-refractivity contribution in [2.75, 3.05) is 36.4 Å². The van der Waals surface area contributed by atoms with Gasteiger partial charge in [-0.05, 0) is 43.3 Å². The lowest BCUT2D eigenvalue weighted by molar-refractivity contribution is -0.132. The van der Waals surface area contributed by atoms with Crippen molar-refractivity contribution in [3.63, 3.8) is 0 Å². The van der Waals surface area contributed by atoms with Gasteiger partial charge in [-0.1, -0.05) is 23.7 Å². The van der Waals surface area contributed by atoms with Crippen LogP contribution in [0.2, 0.25) is 5.02 Å². The van der Waals surface area contributed by atoms with Gasteiger partial charge in [0.05, 0.1) is 21.6 Å². The predicted molar refractivity (Wildman–Crippen MR) is 121 cm³/mol. The van der Waals surface area contributed by atoms with Crippen molar-refractivity contribution in [1.29, 1.82) is 0 Å². The molecule has 31 heavy (non-hydrogen) atoms. The molecule has 0 spiro atoms. The Morgan fingerprint density at radius 2 is 1.61 bits per heavy atom. The summed E-state index contributed by atoms with van der Waals surface area (Å²) in [5, 5.41) is 3.24. The average molecular weight is 465 g/mol. The number of sulfonamides is 1. The predicted octanol–water partition coefficient (Wildman–Crippen LogP) is 2.31. The molecule has 0 unspecified atom stereocenters. The van der Waals surface area contributed by atoms with Crippen LogP contribution in [0.25, 0.3) is 0 Å². The van der Waals surface area contributed by atoms with E-state index in [0.717, 1.165) is 5.69 Å². The summed E-state index contributed by atoms with van der Waals surface area (Å²) in [6.07, 6.45) is 0. The van der Waals surface area contributed by atoms with Crippen LogP contribution in [0.5, 0.6) is 0 Å². The fourth-order valence-corrected chi connectivity index (χ4v) is 4.87. The van der Waals surface area contributed by atoms with Gasteiger partial charge in [0.2, 0.25) is 21.8 Å². The molecule has 8 nitrogen and oxygen atoms in total. The van der Waals surface area contributed by atoms with E-state index >= 15 is 0 Å². The number of halogens is 1. The van der Waals surface area contributed by atoms with Gasteiger partial charge in [0.15, 0.2) is 0 Å². The van der Waals surface area contributed by atoms with Crippen molar-refractivity contribution in [2.45, 2.75) is 24.8 Å². The summed E-state index contributed by atoms with van der Waals surface area (Å²) in [6, 6.07) is 12.4. The van der Waals surface area contributed by atoms with Gasteiger partial charge in [0.1, 0.15) is 0 Å². The third kappa shape index (κ3) is 5.75. The van der Waals surface area contributed by atoms with Gasteiger partial charge in [0, 0.05) is 38.8 Å². The molecule has 2 aromatic rings. The quantitative estimate of drug-likeness (QED) is 0.683. The summed E-state index contributed by atoms with van der Waals surface area (Å²) in [5.41, 5.74) is 1.42. The minimum absolute atomic E-state index is 0.0183. The van der Waals surface area contributed by atoms with E-state index in [4.69, 9.17) is 11.6 Å². The molecule has 1 aliphatic heterocycles. The zero-order chi connectivity index (χ0) is 22.6. The molecule has 2 aromatic carbocycles. The van der Waals surface area contributed by atoms with Gasteiger partial charge in [0.25, 0.3) is 0 Å². The van der Waals surface area contributed by atoms with E-state index in [1.165, 1.54) is 38.1 Å². The summed E-state index contributed by atoms with van der Waals surface area (Å²) in [6.45, 7) is 5.07. The second-order valence-electron chi connectivity index (χ2n) is 7.31. The highest BCUT2D eigenvalue weighted by molar-refractivity contribution is 7.89. The molecule has 0 saturated carbocycles. The van der Waals surface area contributed by atoms with E-state index in [-0.39, 0.29) is 16.7 Å². The number of hydrogen-bond donors (Lipinski definition) is 2. The number of hydrogen-bond acceptors (Lipinski definition) is 5. The molecule has 1 heterocycles. The second kappa shape index (κ2) is 9.67. The Labute approximate surface area is 187 Å². The highest BCUT2D eigenvalue weighted by Gasteiger charge is 2.28. The SMILES string of the molecule is CC(=O)Nc1ccc(S(=O)(=O)N[C@@H](C)C(=O)N2CCN(c3ccccc3Cl)CC2)cc1. The number of nitrogens with one attached hydrogen (secondary N) is 2. The standard InChI is InChI=1S/C21H25ClN4O4S/c1-15(24-31(29,30)18-9-7-17(8-10-18)23-16(2)27)21(28)26-13-11-25(12-14-26)20-6-4-3-5-19(20)22/h3-10,15,24H,11-14H2,1-2H3,(H,23,27)/t15-/m0/s1. The Morgan fingerprint density at radius 1 is 1.00 bits per heavy atom. The molecule has 0 aliphatic carbocycles. The molecule has 0 bridgehead atoms. The van der Waals surface area contributed by atoms with Gasteiger partial charge >= 0.3 is 0 Å². The Morgan fingerprint density at radius 3 is 2.19 bits per heavy atom. The smallest absolute Gasteiger partial charge is 0.241 e. The fourth-order valence-electron chi connectivity index (χ4n) is 3.42. The molecule has 0 radical (unpaired) electrons. The number of amides is 2. The summed E-state index contributed by atoms with van der Waals surface area (Å²) >= 11 is 6.25. The molecule has 1 atom stereocenters. The number of piperazine rings is 1. The molecule has 0 aromatic heterocycles. The minimum Gasteiger partial charge on any atom is -0.367 e. The average Bonchev–Trinajstić information content (AvgIpc) is 2.73. The van der Waals surface area contributed by atoms with Gasteiger partial charge < -0.3 is 15.1 Å². The van der Waals surface area contributed by atoms with E-state index < -0.39 is 16.1 Å². The van der Waals surface area contributed by atoms with Crippen molar-refractivity contribution in [3.8, 4) is 0 Å². The van der Waals surface area contributed by atoms with Gasteiger partial charge in [-0.15, -0.1) is 0 Å². The summed E-state index contributed by atoms with van der Waals surface area (Å²) in [4.78, 5) is 27.7. The van der Waals surface area contributed by atoms with Crippen molar-refractivity contribution >= 4 is 44.8 Å². The number of carbonyl (C=O) groups is 2. The monoisotopic (exact) mass is 464 g/mol. The maximum atomic E-state index is 12.8. The minimum atomic E-state index is -3.89. The van der Waals surface area contributed by atoms with Crippen LogP contribution in [0.1, 0.15) is 13.8 Å². The van der Waals surface area contributed by atoms with Crippen LogP contribution in [0.15, 0.2) is 53.4 Å². The van der Waals surface area contributed by atoms with E-state index in [1.54, 1.807) is 4.90 Å². The molecular formula is C21H25ClN4O4S. The lowest BCUT2D eigenvalue weighted by Crippen LogP contribution is -2.54.